The molecule has 2 heterocycles. The van der Waals surface area contributed by atoms with Gasteiger partial charge in [-0.15, -0.1) is 0 Å². The first-order valence-electron chi connectivity index (χ1n) is 5.68. The van der Waals surface area contributed by atoms with Crippen LogP contribution >= 0.6 is 0 Å². The molecule has 4 nitrogen and oxygen atoms in total. The van der Waals surface area contributed by atoms with Gasteiger partial charge in [-0.1, -0.05) is 24.3 Å². The largest absolute Gasteiger partial charge is 0.356 e. The normalized spacial score (nSPS) is 30.2. The van der Waals surface area contributed by atoms with Crippen LogP contribution in [0.25, 0.3) is 0 Å². The quantitative estimate of drug-likeness (QED) is 0.675. The van der Waals surface area contributed by atoms with Crippen LogP contribution in [0.2, 0.25) is 0 Å². The number of carbonyl (C=O) groups is 2. The molecular weight excluding hydrogens is 204 g/mol. The Labute approximate surface area is 94.8 Å². The molecule has 86 valence electrons. The highest BCUT2D eigenvalue weighted by molar-refractivity contribution is 5.83. The zero-order valence-electron chi connectivity index (χ0n) is 9.11. The Balaban J connectivity index is 1.82. The molecule has 0 bridgehead atoms. The van der Waals surface area contributed by atoms with E-state index >= 15 is 0 Å². The van der Waals surface area contributed by atoms with Crippen molar-refractivity contribution in [3.63, 3.8) is 0 Å². The number of allylic oxidation sites excluding steroid dienone is 2. The maximum atomic E-state index is 11.2. The van der Waals surface area contributed by atoms with Gasteiger partial charge in [-0.25, -0.2) is 0 Å². The molecule has 0 aliphatic carbocycles. The minimum Gasteiger partial charge on any atom is -0.356 e. The lowest BCUT2D eigenvalue weighted by molar-refractivity contribution is -0.122. The lowest BCUT2D eigenvalue weighted by Gasteiger charge is -1.97. The lowest BCUT2D eigenvalue weighted by Crippen LogP contribution is -2.17. The number of rotatable bonds is 3. The monoisotopic (exact) mass is 220 g/mol. The third kappa shape index (κ3) is 2.51. The molecule has 0 spiro atoms. The molecule has 0 aromatic heterocycles. The summed E-state index contributed by atoms with van der Waals surface area (Å²) in [6, 6.07) is 0. The molecule has 0 aromatic carbocycles. The van der Waals surface area contributed by atoms with E-state index < -0.39 is 0 Å². The number of amides is 2. The van der Waals surface area contributed by atoms with Crippen molar-refractivity contribution in [2.45, 2.75) is 12.8 Å². The van der Waals surface area contributed by atoms with E-state index in [2.05, 4.69) is 10.6 Å². The van der Waals surface area contributed by atoms with E-state index in [9.17, 15) is 9.59 Å². The fourth-order valence-corrected chi connectivity index (χ4v) is 1.99. The molecule has 0 aromatic rings. The predicted molar refractivity (Wildman–Crippen MR) is 60.5 cm³/mol. The van der Waals surface area contributed by atoms with Gasteiger partial charge in [0.05, 0.1) is 11.8 Å². The fourth-order valence-electron chi connectivity index (χ4n) is 1.99. The SMILES string of the molecule is O=C1NCCC1C=CC=CC1CCNC1=O. The number of hydrogen-bond acceptors (Lipinski definition) is 2. The van der Waals surface area contributed by atoms with Gasteiger partial charge < -0.3 is 10.6 Å². The van der Waals surface area contributed by atoms with Gasteiger partial charge in [0.25, 0.3) is 0 Å². The topological polar surface area (TPSA) is 58.2 Å². The third-order valence-electron chi connectivity index (χ3n) is 2.98. The van der Waals surface area contributed by atoms with E-state index in [1.165, 1.54) is 0 Å². The zero-order chi connectivity index (χ0) is 11.4. The van der Waals surface area contributed by atoms with E-state index in [-0.39, 0.29) is 23.7 Å². The molecule has 2 saturated heterocycles. The molecule has 2 aliphatic rings. The smallest absolute Gasteiger partial charge is 0.226 e. The van der Waals surface area contributed by atoms with Crippen LogP contribution in [0, 0.1) is 11.8 Å². The van der Waals surface area contributed by atoms with Crippen molar-refractivity contribution >= 4 is 11.8 Å². The van der Waals surface area contributed by atoms with Crippen molar-refractivity contribution in [1.29, 1.82) is 0 Å². The molecule has 0 radical (unpaired) electrons. The first-order chi connectivity index (χ1) is 7.77. The number of carbonyl (C=O) groups excluding carboxylic acids is 2. The predicted octanol–water partition coefficient (Wildman–Crippen LogP) is 0.371. The van der Waals surface area contributed by atoms with Gasteiger partial charge in [0.1, 0.15) is 0 Å². The van der Waals surface area contributed by atoms with Gasteiger partial charge in [0.2, 0.25) is 11.8 Å². The summed E-state index contributed by atoms with van der Waals surface area (Å²) in [4.78, 5) is 22.5. The molecule has 2 unspecified atom stereocenters. The van der Waals surface area contributed by atoms with Crippen LogP contribution < -0.4 is 10.6 Å². The molecular formula is C12H16N2O2. The van der Waals surface area contributed by atoms with E-state index in [1.807, 2.05) is 24.3 Å². The highest BCUT2D eigenvalue weighted by Crippen LogP contribution is 2.12. The lowest BCUT2D eigenvalue weighted by atomic mass is 10.1. The van der Waals surface area contributed by atoms with Crippen molar-refractivity contribution in [2.24, 2.45) is 11.8 Å². The van der Waals surface area contributed by atoms with E-state index in [1.54, 1.807) is 0 Å². The van der Waals surface area contributed by atoms with Crippen molar-refractivity contribution in [3.8, 4) is 0 Å². The van der Waals surface area contributed by atoms with E-state index in [4.69, 9.17) is 0 Å². The minimum absolute atomic E-state index is 0.00190. The molecule has 16 heavy (non-hydrogen) atoms. The summed E-state index contributed by atoms with van der Waals surface area (Å²) in [5, 5.41) is 5.56. The Hall–Kier alpha value is -1.58. The zero-order valence-corrected chi connectivity index (χ0v) is 9.11. The molecule has 0 saturated carbocycles. The molecule has 2 amide bonds. The third-order valence-corrected chi connectivity index (χ3v) is 2.98. The van der Waals surface area contributed by atoms with Crippen LogP contribution in [0.4, 0.5) is 0 Å². The number of nitrogens with one attached hydrogen (secondary N) is 2. The average molecular weight is 220 g/mol. The standard InChI is InChI=1S/C12H16N2O2/c15-11-9(5-7-13-11)3-1-2-4-10-6-8-14-12(10)16/h1-4,9-10H,5-8H2,(H,13,15)(H,14,16). The van der Waals surface area contributed by atoms with Crippen LogP contribution in [0.5, 0.6) is 0 Å². The maximum Gasteiger partial charge on any atom is 0.226 e. The van der Waals surface area contributed by atoms with E-state index in [0.29, 0.717) is 0 Å². The maximum absolute atomic E-state index is 11.2. The second-order valence-electron chi connectivity index (χ2n) is 4.14. The summed E-state index contributed by atoms with van der Waals surface area (Å²) in [6.45, 7) is 1.53. The summed E-state index contributed by atoms with van der Waals surface area (Å²) in [5.41, 5.74) is 0. The summed E-state index contributed by atoms with van der Waals surface area (Å²) < 4.78 is 0. The van der Waals surface area contributed by atoms with Gasteiger partial charge >= 0.3 is 0 Å². The van der Waals surface area contributed by atoms with Gasteiger partial charge in [-0.2, -0.15) is 0 Å². The Morgan fingerprint density at radius 1 is 0.875 bits per heavy atom. The van der Waals surface area contributed by atoms with Crippen LogP contribution in [-0.2, 0) is 9.59 Å². The Morgan fingerprint density at radius 2 is 1.31 bits per heavy atom. The highest BCUT2D eigenvalue weighted by atomic mass is 16.2. The van der Waals surface area contributed by atoms with Crippen molar-refractivity contribution in [3.05, 3.63) is 24.3 Å². The summed E-state index contributed by atoms with van der Waals surface area (Å²) >= 11 is 0. The van der Waals surface area contributed by atoms with Gasteiger partial charge in [-0.05, 0) is 12.8 Å². The van der Waals surface area contributed by atoms with Crippen LogP contribution in [0.15, 0.2) is 24.3 Å². The fraction of sp³-hybridized carbons (Fsp3) is 0.500. The second kappa shape index (κ2) is 4.96. The Kier molecular flexibility index (Phi) is 3.39. The first-order valence-corrected chi connectivity index (χ1v) is 5.68. The van der Waals surface area contributed by atoms with Gasteiger partial charge in [0.15, 0.2) is 0 Å². The summed E-state index contributed by atoms with van der Waals surface area (Å²) in [7, 11) is 0. The van der Waals surface area contributed by atoms with Crippen LogP contribution in [0.3, 0.4) is 0 Å². The van der Waals surface area contributed by atoms with Crippen LogP contribution in [0.1, 0.15) is 12.8 Å². The van der Waals surface area contributed by atoms with E-state index in [0.717, 1.165) is 25.9 Å². The molecule has 2 N–H and O–H groups in total. The molecule has 2 atom stereocenters. The van der Waals surface area contributed by atoms with Gasteiger partial charge in [-0.3, -0.25) is 9.59 Å². The first kappa shape index (κ1) is 10.9. The Bertz CT molecular complexity index is 313. The number of hydrogen-bond donors (Lipinski definition) is 2. The summed E-state index contributed by atoms with van der Waals surface area (Å²) in [6.07, 6.45) is 9.25. The molecule has 4 heteroatoms. The van der Waals surface area contributed by atoms with Crippen LogP contribution in [-0.4, -0.2) is 24.9 Å². The Morgan fingerprint density at radius 3 is 1.62 bits per heavy atom. The van der Waals surface area contributed by atoms with Crippen molar-refractivity contribution in [1.82, 2.24) is 10.6 Å². The molecule has 2 aliphatic heterocycles. The molecule has 2 fully saturated rings. The summed E-state index contributed by atoms with van der Waals surface area (Å²) in [5.74, 6) is 0.204. The second-order valence-corrected chi connectivity index (χ2v) is 4.14. The van der Waals surface area contributed by atoms with Crippen molar-refractivity contribution in [2.75, 3.05) is 13.1 Å². The highest BCUT2D eigenvalue weighted by Gasteiger charge is 2.21. The minimum atomic E-state index is 0.00190. The average Bonchev–Trinajstić information content (AvgIpc) is 2.84. The van der Waals surface area contributed by atoms with Gasteiger partial charge in [0, 0.05) is 13.1 Å². The molecule has 2 rings (SSSR count). The van der Waals surface area contributed by atoms with Crippen molar-refractivity contribution < 1.29 is 9.59 Å².